The number of likely N-dealkylation sites (tertiary alicyclic amines) is 1. The van der Waals surface area contributed by atoms with Crippen LogP contribution < -0.4 is 4.90 Å². The molecular formula is C14H20BrFN2. The van der Waals surface area contributed by atoms with Crippen LogP contribution in [0.5, 0.6) is 0 Å². The molecule has 0 saturated carbocycles. The van der Waals surface area contributed by atoms with E-state index < -0.39 is 0 Å². The van der Waals surface area contributed by atoms with Gasteiger partial charge in [0.25, 0.3) is 0 Å². The van der Waals surface area contributed by atoms with Gasteiger partial charge in [-0.1, -0.05) is 28.1 Å². The molecule has 0 bridgehead atoms. The predicted molar refractivity (Wildman–Crippen MR) is 78.0 cm³/mol. The molecule has 4 heteroatoms. The van der Waals surface area contributed by atoms with Crippen molar-refractivity contribution in [2.45, 2.75) is 24.2 Å². The van der Waals surface area contributed by atoms with Crippen LogP contribution in [0.2, 0.25) is 0 Å². The van der Waals surface area contributed by atoms with Gasteiger partial charge in [0.15, 0.2) is 0 Å². The van der Waals surface area contributed by atoms with Crippen LogP contribution >= 0.6 is 15.9 Å². The van der Waals surface area contributed by atoms with Crippen molar-refractivity contribution in [3.05, 3.63) is 29.6 Å². The molecule has 1 heterocycles. The molecular weight excluding hydrogens is 295 g/mol. The minimum Gasteiger partial charge on any atom is -0.370 e. The summed E-state index contributed by atoms with van der Waals surface area (Å²) >= 11 is 3.43. The van der Waals surface area contributed by atoms with E-state index >= 15 is 0 Å². The quantitative estimate of drug-likeness (QED) is 0.787. The lowest BCUT2D eigenvalue weighted by Crippen LogP contribution is -2.37. The van der Waals surface area contributed by atoms with Crippen LogP contribution in [-0.4, -0.2) is 38.1 Å². The summed E-state index contributed by atoms with van der Waals surface area (Å²) in [6.45, 7) is 2.04. The number of benzene rings is 1. The third kappa shape index (κ3) is 2.86. The molecule has 1 aliphatic rings. The van der Waals surface area contributed by atoms with E-state index in [1.165, 1.54) is 18.9 Å². The first-order valence-electron chi connectivity index (χ1n) is 6.38. The number of para-hydroxylation sites is 1. The second-order valence-electron chi connectivity index (χ2n) is 5.04. The Kier molecular flexibility index (Phi) is 4.62. The summed E-state index contributed by atoms with van der Waals surface area (Å²) in [6, 6.07) is 5.82. The van der Waals surface area contributed by atoms with Gasteiger partial charge in [0.05, 0.1) is 5.69 Å². The summed E-state index contributed by atoms with van der Waals surface area (Å²) in [7, 11) is 4.13. The molecule has 0 amide bonds. The Morgan fingerprint density at radius 2 is 2.28 bits per heavy atom. The molecule has 0 aromatic heterocycles. The largest absolute Gasteiger partial charge is 0.370 e. The van der Waals surface area contributed by atoms with Gasteiger partial charge < -0.3 is 9.80 Å². The monoisotopic (exact) mass is 314 g/mol. The van der Waals surface area contributed by atoms with Gasteiger partial charge in [-0.25, -0.2) is 4.39 Å². The van der Waals surface area contributed by atoms with Crippen LogP contribution in [0.4, 0.5) is 10.1 Å². The minimum absolute atomic E-state index is 0.130. The molecule has 1 atom stereocenters. The number of alkyl halides is 1. The van der Waals surface area contributed by atoms with Crippen molar-refractivity contribution < 1.29 is 4.39 Å². The Hall–Kier alpha value is -0.610. The third-order valence-corrected chi connectivity index (χ3v) is 4.36. The standard InChI is InChI=1S/C14H20BrFN2/c1-17-8-4-6-12(17)10-18(2)14-11(9-15)5-3-7-13(14)16/h3,5,7,12H,4,6,8-10H2,1-2H3. The molecule has 2 rings (SSSR count). The zero-order valence-electron chi connectivity index (χ0n) is 11.0. The Morgan fingerprint density at radius 3 is 2.89 bits per heavy atom. The lowest BCUT2D eigenvalue weighted by atomic mass is 10.1. The van der Waals surface area contributed by atoms with Crippen LogP contribution in [-0.2, 0) is 5.33 Å². The second-order valence-corrected chi connectivity index (χ2v) is 5.60. The highest BCUT2D eigenvalue weighted by atomic mass is 79.9. The first-order chi connectivity index (χ1) is 8.63. The Balaban J connectivity index is 2.15. The fraction of sp³-hybridized carbons (Fsp3) is 0.571. The van der Waals surface area contributed by atoms with Gasteiger partial charge in [0.1, 0.15) is 5.82 Å². The first-order valence-corrected chi connectivity index (χ1v) is 7.50. The van der Waals surface area contributed by atoms with Crippen LogP contribution in [0.3, 0.4) is 0 Å². The van der Waals surface area contributed by atoms with Crippen molar-refractivity contribution in [3.63, 3.8) is 0 Å². The number of anilines is 1. The van der Waals surface area contributed by atoms with E-state index in [0.29, 0.717) is 11.4 Å². The van der Waals surface area contributed by atoms with Crippen LogP contribution in [0.1, 0.15) is 18.4 Å². The molecule has 1 aromatic carbocycles. The maximum atomic E-state index is 14.0. The fourth-order valence-electron chi connectivity index (χ4n) is 2.71. The lowest BCUT2D eigenvalue weighted by molar-refractivity contribution is 0.314. The smallest absolute Gasteiger partial charge is 0.146 e. The van der Waals surface area contributed by atoms with Crippen molar-refractivity contribution in [2.75, 3.05) is 32.1 Å². The molecule has 1 unspecified atom stereocenters. The van der Waals surface area contributed by atoms with Gasteiger partial charge in [-0.15, -0.1) is 0 Å². The van der Waals surface area contributed by atoms with E-state index in [1.54, 1.807) is 6.07 Å². The molecule has 1 aromatic rings. The van der Waals surface area contributed by atoms with Crippen LogP contribution in [0.25, 0.3) is 0 Å². The van der Waals surface area contributed by atoms with E-state index in [9.17, 15) is 4.39 Å². The molecule has 0 N–H and O–H groups in total. The van der Waals surface area contributed by atoms with Gasteiger partial charge in [-0.05, 0) is 38.1 Å². The Labute approximate surface area is 117 Å². The zero-order valence-corrected chi connectivity index (χ0v) is 12.6. The molecule has 2 nitrogen and oxygen atoms in total. The normalized spacial score (nSPS) is 20.3. The molecule has 0 aliphatic carbocycles. The highest BCUT2D eigenvalue weighted by Gasteiger charge is 2.23. The first kappa shape index (κ1) is 13.8. The maximum absolute atomic E-state index is 14.0. The number of hydrogen-bond acceptors (Lipinski definition) is 2. The van der Waals surface area contributed by atoms with E-state index in [4.69, 9.17) is 0 Å². The molecule has 0 spiro atoms. The average molecular weight is 315 g/mol. The highest BCUT2D eigenvalue weighted by molar-refractivity contribution is 9.08. The topological polar surface area (TPSA) is 6.48 Å². The van der Waals surface area contributed by atoms with Gasteiger partial charge in [0, 0.05) is 25.0 Å². The molecule has 100 valence electrons. The highest BCUT2D eigenvalue weighted by Crippen LogP contribution is 2.27. The van der Waals surface area contributed by atoms with Gasteiger partial charge in [0.2, 0.25) is 0 Å². The zero-order chi connectivity index (χ0) is 13.1. The van der Waals surface area contributed by atoms with E-state index in [2.05, 4.69) is 32.8 Å². The Bertz CT molecular complexity index is 411. The van der Waals surface area contributed by atoms with Crippen LogP contribution in [0.15, 0.2) is 18.2 Å². The summed E-state index contributed by atoms with van der Waals surface area (Å²) in [5, 5.41) is 0.685. The van der Waals surface area contributed by atoms with Crippen LogP contribution in [0, 0.1) is 5.82 Å². The Morgan fingerprint density at radius 1 is 1.50 bits per heavy atom. The van der Waals surface area contributed by atoms with Crippen molar-refractivity contribution in [2.24, 2.45) is 0 Å². The fourth-order valence-corrected chi connectivity index (χ4v) is 3.17. The number of halogens is 2. The second kappa shape index (κ2) is 6.02. The number of rotatable bonds is 4. The van der Waals surface area contributed by atoms with Crippen molar-refractivity contribution >= 4 is 21.6 Å². The molecule has 1 fully saturated rings. The van der Waals surface area contributed by atoms with E-state index in [-0.39, 0.29) is 5.82 Å². The third-order valence-electron chi connectivity index (χ3n) is 3.75. The molecule has 1 aliphatic heterocycles. The van der Waals surface area contributed by atoms with E-state index in [0.717, 1.165) is 24.3 Å². The van der Waals surface area contributed by atoms with Gasteiger partial charge in [-0.3, -0.25) is 0 Å². The predicted octanol–water partition coefficient (Wildman–Crippen LogP) is 3.25. The number of nitrogens with zero attached hydrogens (tertiary/aromatic N) is 2. The summed E-state index contributed by atoms with van der Waals surface area (Å²) < 4.78 is 14.0. The van der Waals surface area contributed by atoms with Gasteiger partial charge in [-0.2, -0.15) is 0 Å². The minimum atomic E-state index is -0.130. The summed E-state index contributed by atoms with van der Waals surface area (Å²) in [5.41, 5.74) is 1.74. The summed E-state index contributed by atoms with van der Waals surface area (Å²) in [5.74, 6) is -0.130. The molecule has 18 heavy (non-hydrogen) atoms. The van der Waals surface area contributed by atoms with Gasteiger partial charge >= 0.3 is 0 Å². The van der Waals surface area contributed by atoms with Crippen molar-refractivity contribution in [1.29, 1.82) is 0 Å². The molecule has 0 radical (unpaired) electrons. The SMILES string of the molecule is CN(CC1CCCN1C)c1c(F)cccc1CBr. The lowest BCUT2D eigenvalue weighted by Gasteiger charge is -2.28. The average Bonchev–Trinajstić information content (AvgIpc) is 2.74. The van der Waals surface area contributed by atoms with E-state index in [1.807, 2.05) is 13.1 Å². The summed E-state index contributed by atoms with van der Waals surface area (Å²) in [4.78, 5) is 4.42. The van der Waals surface area contributed by atoms with Crippen molar-refractivity contribution in [3.8, 4) is 0 Å². The number of hydrogen-bond donors (Lipinski definition) is 0. The number of likely N-dealkylation sites (N-methyl/N-ethyl adjacent to an activating group) is 2. The summed E-state index contributed by atoms with van der Waals surface area (Å²) in [6.07, 6.45) is 2.45. The molecule has 1 saturated heterocycles. The van der Waals surface area contributed by atoms with Crippen molar-refractivity contribution in [1.82, 2.24) is 4.90 Å². The maximum Gasteiger partial charge on any atom is 0.146 e.